The lowest BCUT2D eigenvalue weighted by Gasteiger charge is -2.27. The molecule has 4 aromatic rings. The van der Waals surface area contributed by atoms with Crippen molar-refractivity contribution < 1.29 is 9.84 Å². The number of benzene rings is 1. The number of morpholine rings is 1. The van der Waals surface area contributed by atoms with Gasteiger partial charge in [0.15, 0.2) is 0 Å². The van der Waals surface area contributed by atoms with Crippen LogP contribution in [0.25, 0.3) is 21.8 Å². The summed E-state index contributed by atoms with van der Waals surface area (Å²) in [5.41, 5.74) is 2.62. The zero-order valence-electron chi connectivity index (χ0n) is 18.2. The SMILES string of the molecule is CC(C)n1cc2c(NCc3cnc4ccccc4c3)nc(N3C[C@@H]4C[C@H]3CO4)nc2c1O. The van der Waals surface area contributed by atoms with Crippen LogP contribution in [0.2, 0.25) is 0 Å². The largest absolute Gasteiger partial charge is 0.493 e. The number of aromatic hydroxyl groups is 1. The molecule has 32 heavy (non-hydrogen) atoms. The predicted octanol–water partition coefficient (Wildman–Crippen LogP) is 3.86. The van der Waals surface area contributed by atoms with Gasteiger partial charge in [0.1, 0.15) is 11.3 Å². The normalized spacial score (nSPS) is 20.2. The van der Waals surface area contributed by atoms with Crippen LogP contribution >= 0.6 is 0 Å². The Morgan fingerprint density at radius 3 is 2.91 bits per heavy atom. The molecule has 2 fully saturated rings. The number of ether oxygens (including phenoxy) is 1. The lowest BCUT2D eigenvalue weighted by Crippen LogP contribution is -2.38. The minimum Gasteiger partial charge on any atom is -0.493 e. The molecule has 2 aliphatic rings. The molecule has 0 radical (unpaired) electrons. The van der Waals surface area contributed by atoms with Crippen molar-refractivity contribution in [2.24, 2.45) is 0 Å². The van der Waals surface area contributed by atoms with Crippen molar-refractivity contribution in [2.45, 2.75) is 45.0 Å². The van der Waals surface area contributed by atoms with Gasteiger partial charge >= 0.3 is 0 Å². The third-order valence-electron chi connectivity index (χ3n) is 6.48. The summed E-state index contributed by atoms with van der Waals surface area (Å²) < 4.78 is 7.59. The molecule has 8 heteroatoms. The molecule has 2 atom stereocenters. The summed E-state index contributed by atoms with van der Waals surface area (Å²) in [6, 6.07) is 10.6. The number of pyridine rings is 1. The Morgan fingerprint density at radius 1 is 1.25 bits per heavy atom. The first-order chi connectivity index (χ1) is 15.6. The van der Waals surface area contributed by atoms with Gasteiger partial charge in [-0.2, -0.15) is 4.98 Å². The van der Waals surface area contributed by atoms with Crippen molar-refractivity contribution in [3.05, 3.63) is 48.3 Å². The maximum Gasteiger partial charge on any atom is 0.228 e. The molecule has 0 amide bonds. The van der Waals surface area contributed by atoms with Crippen LogP contribution in [0.4, 0.5) is 11.8 Å². The Hall–Kier alpha value is -3.39. The van der Waals surface area contributed by atoms with Gasteiger partial charge in [0.25, 0.3) is 0 Å². The molecule has 2 saturated heterocycles. The summed E-state index contributed by atoms with van der Waals surface area (Å²) in [6.45, 7) is 6.15. The Kier molecular flexibility index (Phi) is 4.43. The standard InChI is InChI=1S/C24H26N6O2/c1-14(2)29-12-19-21(23(29)31)27-24(30-11-18-8-17(30)13-32-18)28-22(19)26-10-15-7-16-5-3-4-6-20(16)25-9-15/h3-7,9,12,14,17-18,31H,8,10-11,13H2,1-2H3,(H,26,27,28)/t17-,18-/m0/s1. The number of anilines is 2. The van der Waals surface area contributed by atoms with Crippen molar-refractivity contribution >= 4 is 33.6 Å². The third kappa shape index (κ3) is 3.14. The summed E-state index contributed by atoms with van der Waals surface area (Å²) in [5, 5.41) is 16.3. The fourth-order valence-electron chi connectivity index (χ4n) is 4.77. The Balaban J connectivity index is 1.38. The summed E-state index contributed by atoms with van der Waals surface area (Å²) in [7, 11) is 0. The van der Waals surface area contributed by atoms with E-state index in [1.165, 1.54) is 0 Å². The molecule has 5 heterocycles. The van der Waals surface area contributed by atoms with E-state index in [4.69, 9.17) is 14.7 Å². The highest BCUT2D eigenvalue weighted by Gasteiger charge is 2.40. The molecule has 0 aliphatic carbocycles. The van der Waals surface area contributed by atoms with Crippen LogP contribution in [0, 0.1) is 0 Å². The number of hydrogen-bond acceptors (Lipinski definition) is 7. The Morgan fingerprint density at radius 2 is 2.12 bits per heavy atom. The molecule has 0 unspecified atom stereocenters. The molecule has 2 N–H and O–H groups in total. The van der Waals surface area contributed by atoms with Crippen molar-refractivity contribution in [1.29, 1.82) is 0 Å². The first kappa shape index (κ1) is 19.3. The van der Waals surface area contributed by atoms with Gasteiger partial charge in [0.05, 0.1) is 29.7 Å². The molecular weight excluding hydrogens is 404 g/mol. The van der Waals surface area contributed by atoms with Crippen LogP contribution in [0.15, 0.2) is 42.7 Å². The molecule has 2 aliphatic heterocycles. The first-order valence-electron chi connectivity index (χ1n) is 11.1. The van der Waals surface area contributed by atoms with Crippen LogP contribution in [0.3, 0.4) is 0 Å². The van der Waals surface area contributed by atoms with Crippen LogP contribution in [-0.2, 0) is 11.3 Å². The predicted molar refractivity (Wildman–Crippen MR) is 124 cm³/mol. The molecule has 8 nitrogen and oxygen atoms in total. The average molecular weight is 431 g/mol. The number of para-hydroxylation sites is 1. The second-order valence-corrected chi connectivity index (χ2v) is 8.98. The van der Waals surface area contributed by atoms with Crippen molar-refractivity contribution in [3.8, 4) is 5.88 Å². The molecule has 1 aromatic carbocycles. The minimum absolute atomic E-state index is 0.112. The van der Waals surface area contributed by atoms with Crippen molar-refractivity contribution in [2.75, 3.05) is 23.4 Å². The molecule has 164 valence electrons. The average Bonchev–Trinajstić information content (AvgIpc) is 3.52. The maximum absolute atomic E-state index is 10.9. The number of aromatic nitrogens is 4. The molecule has 0 spiro atoms. The fourth-order valence-corrected chi connectivity index (χ4v) is 4.77. The second kappa shape index (κ2) is 7.34. The van der Waals surface area contributed by atoms with Crippen LogP contribution < -0.4 is 10.2 Å². The van der Waals surface area contributed by atoms with E-state index in [0.717, 1.165) is 40.6 Å². The molecule has 0 saturated carbocycles. The van der Waals surface area contributed by atoms with Gasteiger partial charge in [-0.05, 0) is 38.0 Å². The van der Waals surface area contributed by atoms with Crippen LogP contribution in [-0.4, -0.2) is 49.9 Å². The summed E-state index contributed by atoms with van der Waals surface area (Å²) in [4.78, 5) is 16.4. The number of hydrogen-bond donors (Lipinski definition) is 2. The number of nitrogens with zero attached hydrogens (tertiary/aromatic N) is 5. The third-order valence-corrected chi connectivity index (χ3v) is 6.48. The summed E-state index contributed by atoms with van der Waals surface area (Å²) in [5.74, 6) is 1.54. The van der Waals surface area contributed by atoms with Crippen LogP contribution in [0.1, 0.15) is 31.9 Å². The molecule has 6 rings (SSSR count). The zero-order chi connectivity index (χ0) is 21.8. The van der Waals surface area contributed by atoms with Gasteiger partial charge in [-0.15, -0.1) is 0 Å². The monoisotopic (exact) mass is 430 g/mol. The van der Waals surface area contributed by atoms with Gasteiger partial charge in [0, 0.05) is 36.9 Å². The van der Waals surface area contributed by atoms with E-state index in [0.29, 0.717) is 30.7 Å². The zero-order valence-corrected chi connectivity index (χ0v) is 18.2. The highest BCUT2D eigenvalue weighted by molar-refractivity contribution is 5.94. The van der Waals surface area contributed by atoms with E-state index >= 15 is 0 Å². The van der Waals surface area contributed by atoms with Gasteiger partial charge in [-0.1, -0.05) is 18.2 Å². The van der Waals surface area contributed by atoms with E-state index in [-0.39, 0.29) is 18.0 Å². The van der Waals surface area contributed by atoms with E-state index in [1.807, 2.05) is 49.0 Å². The van der Waals surface area contributed by atoms with Gasteiger partial charge < -0.3 is 24.6 Å². The second-order valence-electron chi connectivity index (χ2n) is 8.98. The van der Waals surface area contributed by atoms with Crippen molar-refractivity contribution in [1.82, 2.24) is 19.5 Å². The van der Waals surface area contributed by atoms with Gasteiger partial charge in [-0.25, -0.2) is 4.98 Å². The van der Waals surface area contributed by atoms with Crippen LogP contribution in [0.5, 0.6) is 5.88 Å². The molecular formula is C24H26N6O2. The molecule has 2 bridgehead atoms. The topological polar surface area (TPSA) is 88.3 Å². The Bertz CT molecular complexity index is 1320. The van der Waals surface area contributed by atoms with E-state index in [2.05, 4.69) is 27.3 Å². The van der Waals surface area contributed by atoms with E-state index in [9.17, 15) is 5.11 Å². The summed E-state index contributed by atoms with van der Waals surface area (Å²) in [6.07, 6.45) is 5.07. The first-order valence-corrected chi connectivity index (χ1v) is 11.1. The maximum atomic E-state index is 10.9. The lowest BCUT2D eigenvalue weighted by molar-refractivity contribution is 0.0986. The number of fused-ring (bicyclic) bond motifs is 4. The van der Waals surface area contributed by atoms with E-state index in [1.54, 1.807) is 0 Å². The van der Waals surface area contributed by atoms with E-state index < -0.39 is 0 Å². The highest BCUT2D eigenvalue weighted by atomic mass is 16.5. The van der Waals surface area contributed by atoms with Crippen molar-refractivity contribution in [3.63, 3.8) is 0 Å². The lowest BCUT2D eigenvalue weighted by atomic mass is 10.1. The smallest absolute Gasteiger partial charge is 0.228 e. The highest BCUT2D eigenvalue weighted by Crippen LogP contribution is 2.37. The minimum atomic E-state index is 0.112. The van der Waals surface area contributed by atoms with Gasteiger partial charge in [-0.3, -0.25) is 4.98 Å². The number of nitrogens with one attached hydrogen (secondary N) is 1. The molecule has 3 aromatic heterocycles. The summed E-state index contributed by atoms with van der Waals surface area (Å²) >= 11 is 0. The Labute approximate surface area is 185 Å². The van der Waals surface area contributed by atoms with Gasteiger partial charge in [0.2, 0.25) is 11.8 Å². The quantitative estimate of drug-likeness (QED) is 0.497. The number of rotatable bonds is 5. The fraction of sp³-hybridized carbons (Fsp3) is 0.375.